The normalized spacial score (nSPS) is 11.8. The molecule has 0 amide bonds. The minimum atomic E-state index is -0.410. The molecule has 6 heteroatoms. The third-order valence-electron chi connectivity index (χ3n) is 2.55. The van der Waals surface area contributed by atoms with Crippen molar-refractivity contribution in [2.75, 3.05) is 0 Å². The Morgan fingerprint density at radius 1 is 1.56 bits per heavy atom. The summed E-state index contributed by atoms with van der Waals surface area (Å²) in [5, 5.41) is 15.4. The first kappa shape index (κ1) is 12.1. The monoisotopic (exact) mass is 248 g/mol. The van der Waals surface area contributed by atoms with Crippen molar-refractivity contribution in [3.05, 3.63) is 53.1 Å². The number of aryl methyl sites for hydroxylation is 1. The van der Waals surface area contributed by atoms with Crippen molar-refractivity contribution in [3.63, 3.8) is 0 Å². The van der Waals surface area contributed by atoms with Gasteiger partial charge in [-0.15, -0.1) is 0 Å². The van der Waals surface area contributed by atoms with Gasteiger partial charge >= 0.3 is 0 Å². The van der Waals surface area contributed by atoms with E-state index in [9.17, 15) is 4.39 Å². The zero-order chi connectivity index (χ0) is 13.1. The molecule has 0 atom stereocenters. The van der Waals surface area contributed by atoms with Crippen LogP contribution in [0.2, 0.25) is 0 Å². The van der Waals surface area contributed by atoms with E-state index in [2.05, 4.69) is 10.3 Å². The highest BCUT2D eigenvalue weighted by Crippen LogP contribution is 2.12. The second kappa shape index (κ2) is 4.87. The molecule has 0 aliphatic rings. The second-order valence-electron chi connectivity index (χ2n) is 4.01. The van der Waals surface area contributed by atoms with Gasteiger partial charge < -0.3 is 10.9 Å². The molecule has 1 aromatic heterocycles. The number of nitrogens with zero attached hydrogens (tertiary/aromatic N) is 3. The molecule has 94 valence electrons. The van der Waals surface area contributed by atoms with Gasteiger partial charge in [-0.2, -0.15) is 5.10 Å². The highest BCUT2D eigenvalue weighted by atomic mass is 19.1. The first-order valence-corrected chi connectivity index (χ1v) is 5.35. The molecule has 0 saturated heterocycles. The van der Waals surface area contributed by atoms with Gasteiger partial charge in [0, 0.05) is 17.3 Å². The van der Waals surface area contributed by atoms with Gasteiger partial charge in [0.2, 0.25) is 0 Å². The van der Waals surface area contributed by atoms with Crippen molar-refractivity contribution in [1.29, 1.82) is 0 Å². The average molecular weight is 248 g/mol. The summed E-state index contributed by atoms with van der Waals surface area (Å²) in [6, 6.07) is 4.43. The third kappa shape index (κ3) is 2.48. The van der Waals surface area contributed by atoms with E-state index in [4.69, 9.17) is 10.9 Å². The number of oxime groups is 1. The van der Waals surface area contributed by atoms with E-state index in [-0.39, 0.29) is 5.84 Å². The van der Waals surface area contributed by atoms with E-state index in [1.807, 2.05) is 13.1 Å². The molecule has 0 aliphatic heterocycles. The molecule has 18 heavy (non-hydrogen) atoms. The minimum Gasteiger partial charge on any atom is -0.409 e. The maximum Gasteiger partial charge on any atom is 0.170 e. The van der Waals surface area contributed by atoms with E-state index in [1.165, 1.54) is 6.07 Å². The fraction of sp³-hybridized carbons (Fsp3) is 0.167. The summed E-state index contributed by atoms with van der Waals surface area (Å²) in [7, 11) is 0. The predicted octanol–water partition coefficient (Wildman–Crippen LogP) is 1.47. The average Bonchev–Trinajstić information content (AvgIpc) is 2.76. The van der Waals surface area contributed by atoms with Gasteiger partial charge in [-0.1, -0.05) is 17.3 Å². The molecule has 0 saturated carbocycles. The summed E-state index contributed by atoms with van der Waals surface area (Å²) in [6.45, 7) is 2.26. The standard InChI is InChI=1S/C12H13FN4O/c1-8-5-15-17(6-8)7-10-3-2-9(4-11(10)13)12(14)16-18/h2-6,18H,7H2,1H3,(H2,14,16). The fourth-order valence-electron chi connectivity index (χ4n) is 1.62. The van der Waals surface area contributed by atoms with Crippen LogP contribution in [0.1, 0.15) is 16.7 Å². The van der Waals surface area contributed by atoms with Crippen LogP contribution in [0.4, 0.5) is 4.39 Å². The summed E-state index contributed by atoms with van der Waals surface area (Å²) < 4.78 is 15.5. The molecule has 0 fully saturated rings. The molecule has 0 spiro atoms. The fourth-order valence-corrected chi connectivity index (χ4v) is 1.62. The van der Waals surface area contributed by atoms with Crippen molar-refractivity contribution in [1.82, 2.24) is 9.78 Å². The number of rotatable bonds is 3. The van der Waals surface area contributed by atoms with Crippen molar-refractivity contribution in [2.45, 2.75) is 13.5 Å². The lowest BCUT2D eigenvalue weighted by molar-refractivity contribution is 0.318. The van der Waals surface area contributed by atoms with Crippen LogP contribution in [-0.2, 0) is 6.54 Å². The van der Waals surface area contributed by atoms with E-state index in [0.29, 0.717) is 17.7 Å². The Morgan fingerprint density at radius 3 is 2.89 bits per heavy atom. The lowest BCUT2D eigenvalue weighted by atomic mass is 10.1. The van der Waals surface area contributed by atoms with Crippen LogP contribution in [0.5, 0.6) is 0 Å². The number of amidine groups is 1. The van der Waals surface area contributed by atoms with Gasteiger partial charge in [0.05, 0.1) is 12.7 Å². The molecule has 2 aromatic rings. The second-order valence-corrected chi connectivity index (χ2v) is 4.01. The first-order chi connectivity index (χ1) is 8.60. The van der Waals surface area contributed by atoms with Crippen LogP contribution in [0.25, 0.3) is 0 Å². The topological polar surface area (TPSA) is 76.4 Å². The maximum atomic E-state index is 13.8. The Bertz CT molecular complexity index is 592. The zero-order valence-corrected chi connectivity index (χ0v) is 9.84. The van der Waals surface area contributed by atoms with Gasteiger partial charge in [0.25, 0.3) is 0 Å². The van der Waals surface area contributed by atoms with Gasteiger partial charge in [-0.25, -0.2) is 4.39 Å². The number of halogens is 1. The van der Waals surface area contributed by atoms with Gasteiger partial charge in [0.1, 0.15) is 5.82 Å². The van der Waals surface area contributed by atoms with E-state index >= 15 is 0 Å². The summed E-state index contributed by atoms with van der Waals surface area (Å²) in [4.78, 5) is 0. The highest BCUT2D eigenvalue weighted by molar-refractivity contribution is 5.97. The van der Waals surface area contributed by atoms with E-state index in [1.54, 1.807) is 23.0 Å². The quantitative estimate of drug-likeness (QED) is 0.374. The minimum absolute atomic E-state index is 0.115. The van der Waals surface area contributed by atoms with E-state index < -0.39 is 5.82 Å². The Labute approximate surface area is 103 Å². The number of nitrogens with two attached hydrogens (primary N) is 1. The number of hydrogen-bond acceptors (Lipinski definition) is 3. The molecule has 0 radical (unpaired) electrons. The lowest BCUT2D eigenvalue weighted by Crippen LogP contribution is -2.14. The Balaban J connectivity index is 2.25. The van der Waals surface area contributed by atoms with Crippen LogP contribution >= 0.6 is 0 Å². The molecular formula is C12H13FN4O. The van der Waals surface area contributed by atoms with Crippen molar-refractivity contribution in [2.24, 2.45) is 10.9 Å². The maximum absolute atomic E-state index is 13.8. The summed E-state index contributed by atoms with van der Waals surface area (Å²) in [5.41, 5.74) is 7.24. The van der Waals surface area contributed by atoms with Gasteiger partial charge in [0.15, 0.2) is 5.84 Å². The molecular weight excluding hydrogens is 235 g/mol. The third-order valence-corrected chi connectivity index (χ3v) is 2.55. The SMILES string of the molecule is Cc1cnn(Cc2ccc(/C(N)=N/O)cc2F)c1. The van der Waals surface area contributed by atoms with Gasteiger partial charge in [-0.3, -0.25) is 4.68 Å². The molecule has 3 N–H and O–H groups in total. The first-order valence-electron chi connectivity index (χ1n) is 5.35. The van der Waals surface area contributed by atoms with Crippen LogP contribution in [0.3, 0.4) is 0 Å². The molecule has 0 bridgehead atoms. The van der Waals surface area contributed by atoms with Crippen molar-refractivity contribution >= 4 is 5.84 Å². The van der Waals surface area contributed by atoms with Gasteiger partial charge in [-0.05, 0) is 18.6 Å². The number of aromatic nitrogens is 2. The van der Waals surface area contributed by atoms with Crippen LogP contribution in [0.15, 0.2) is 35.7 Å². The molecule has 0 aliphatic carbocycles. The Morgan fingerprint density at radius 2 is 2.33 bits per heavy atom. The Hall–Kier alpha value is -2.37. The largest absolute Gasteiger partial charge is 0.409 e. The number of hydrogen-bond donors (Lipinski definition) is 2. The Kier molecular flexibility index (Phi) is 3.27. The van der Waals surface area contributed by atoms with E-state index in [0.717, 1.165) is 5.56 Å². The van der Waals surface area contributed by atoms with Crippen LogP contribution < -0.4 is 5.73 Å². The summed E-state index contributed by atoms with van der Waals surface area (Å²) in [5.74, 6) is -0.525. The highest BCUT2D eigenvalue weighted by Gasteiger charge is 2.07. The number of benzene rings is 1. The summed E-state index contributed by atoms with van der Waals surface area (Å²) >= 11 is 0. The van der Waals surface area contributed by atoms with Crippen LogP contribution in [0, 0.1) is 12.7 Å². The van der Waals surface area contributed by atoms with Crippen molar-refractivity contribution < 1.29 is 9.60 Å². The lowest BCUT2D eigenvalue weighted by Gasteiger charge is -2.05. The molecule has 2 rings (SSSR count). The molecule has 1 heterocycles. The van der Waals surface area contributed by atoms with Crippen molar-refractivity contribution in [3.8, 4) is 0 Å². The smallest absolute Gasteiger partial charge is 0.170 e. The predicted molar refractivity (Wildman–Crippen MR) is 65.0 cm³/mol. The molecule has 5 nitrogen and oxygen atoms in total. The van der Waals surface area contributed by atoms with Crippen LogP contribution in [-0.4, -0.2) is 20.8 Å². The zero-order valence-electron chi connectivity index (χ0n) is 9.84. The molecule has 0 unspecified atom stereocenters. The summed E-state index contributed by atoms with van der Waals surface area (Å²) in [6.07, 6.45) is 3.54. The molecule has 1 aromatic carbocycles.